The minimum atomic E-state index is -0.725. The van der Waals surface area contributed by atoms with Gasteiger partial charge in [-0.05, 0) is 24.0 Å². The molecule has 2 N–H and O–H groups in total. The molecule has 0 heterocycles. The first-order chi connectivity index (χ1) is 9.16. The van der Waals surface area contributed by atoms with E-state index in [1.54, 1.807) is 7.11 Å². The fourth-order valence-electron chi connectivity index (χ4n) is 2.71. The Hall–Kier alpha value is -1.39. The monoisotopic (exact) mass is 263 g/mol. The fourth-order valence-corrected chi connectivity index (χ4v) is 2.71. The first-order valence-electron chi connectivity index (χ1n) is 6.71. The Balaban J connectivity index is 2.01. The third-order valence-electron chi connectivity index (χ3n) is 3.80. The van der Waals surface area contributed by atoms with Crippen molar-refractivity contribution < 1.29 is 14.6 Å². The van der Waals surface area contributed by atoms with Crippen molar-refractivity contribution in [1.82, 2.24) is 5.32 Å². The zero-order chi connectivity index (χ0) is 13.7. The highest BCUT2D eigenvalue weighted by Crippen LogP contribution is 2.30. The summed E-state index contributed by atoms with van der Waals surface area (Å²) in [6.45, 7) is 1.17. The Morgan fingerprint density at radius 3 is 2.68 bits per heavy atom. The first-order valence-corrected chi connectivity index (χ1v) is 6.71. The lowest BCUT2D eigenvalue weighted by molar-refractivity contribution is -0.144. The van der Waals surface area contributed by atoms with E-state index in [0.29, 0.717) is 13.2 Å². The maximum absolute atomic E-state index is 11.4. The van der Waals surface area contributed by atoms with Crippen molar-refractivity contribution in [2.75, 3.05) is 7.11 Å². The molecule has 0 spiro atoms. The Morgan fingerprint density at radius 2 is 2.05 bits per heavy atom. The van der Waals surface area contributed by atoms with Crippen molar-refractivity contribution in [2.45, 2.75) is 44.4 Å². The molecule has 2 rings (SSSR count). The molecule has 0 radical (unpaired) electrons. The summed E-state index contributed by atoms with van der Waals surface area (Å²) < 4.78 is 5.10. The molecule has 0 amide bonds. The van der Waals surface area contributed by atoms with Crippen LogP contribution >= 0.6 is 0 Å². The molecule has 4 nitrogen and oxygen atoms in total. The second-order valence-electron chi connectivity index (χ2n) is 5.20. The number of aliphatic carboxylic acids is 1. The van der Waals surface area contributed by atoms with Gasteiger partial charge in [-0.15, -0.1) is 0 Å². The highest BCUT2D eigenvalue weighted by molar-refractivity contribution is 5.79. The third kappa shape index (κ3) is 3.33. The fraction of sp³-hybridized carbons (Fsp3) is 0.533. The van der Waals surface area contributed by atoms with Gasteiger partial charge in [-0.25, -0.2) is 0 Å². The van der Waals surface area contributed by atoms with Gasteiger partial charge in [0.25, 0.3) is 0 Å². The van der Waals surface area contributed by atoms with E-state index in [1.165, 1.54) is 0 Å². The summed E-state index contributed by atoms with van der Waals surface area (Å²) in [5.41, 5.74) is 1.48. The predicted molar refractivity (Wildman–Crippen MR) is 72.8 cm³/mol. The zero-order valence-corrected chi connectivity index (χ0v) is 11.3. The van der Waals surface area contributed by atoms with Gasteiger partial charge in [0.05, 0.1) is 6.61 Å². The normalized spacial score (nSPS) is 17.5. The van der Waals surface area contributed by atoms with Crippen LogP contribution in [0.2, 0.25) is 0 Å². The van der Waals surface area contributed by atoms with Crippen molar-refractivity contribution in [1.29, 1.82) is 0 Å². The molecular formula is C15H21NO3. The Morgan fingerprint density at radius 1 is 1.37 bits per heavy atom. The molecule has 0 unspecified atom stereocenters. The van der Waals surface area contributed by atoms with Crippen molar-refractivity contribution in [2.24, 2.45) is 0 Å². The van der Waals surface area contributed by atoms with Crippen molar-refractivity contribution in [3.63, 3.8) is 0 Å². The van der Waals surface area contributed by atoms with E-state index >= 15 is 0 Å². The molecule has 0 bridgehead atoms. The van der Waals surface area contributed by atoms with Gasteiger partial charge in [-0.2, -0.15) is 0 Å². The summed E-state index contributed by atoms with van der Waals surface area (Å²) in [4.78, 5) is 11.4. The van der Waals surface area contributed by atoms with E-state index < -0.39 is 11.5 Å². The summed E-state index contributed by atoms with van der Waals surface area (Å²) in [7, 11) is 1.67. The number of methoxy groups -OCH3 is 1. The molecule has 4 heteroatoms. The number of nitrogens with one attached hydrogen (secondary N) is 1. The van der Waals surface area contributed by atoms with E-state index in [0.717, 1.165) is 36.8 Å². The molecule has 0 saturated heterocycles. The van der Waals surface area contributed by atoms with E-state index in [2.05, 4.69) is 11.4 Å². The van der Waals surface area contributed by atoms with Crippen LogP contribution in [0.3, 0.4) is 0 Å². The summed E-state index contributed by atoms with van der Waals surface area (Å²) >= 11 is 0. The number of rotatable bonds is 6. The molecule has 1 saturated carbocycles. The summed E-state index contributed by atoms with van der Waals surface area (Å²) in [6, 6.07) is 8.06. The molecule has 104 valence electrons. The van der Waals surface area contributed by atoms with Gasteiger partial charge >= 0.3 is 5.97 Å². The van der Waals surface area contributed by atoms with Crippen LogP contribution in [0.15, 0.2) is 24.3 Å². The Kier molecular flexibility index (Phi) is 4.56. The Bertz CT molecular complexity index is 439. The molecule has 1 aromatic rings. The molecule has 0 atom stereocenters. The highest BCUT2D eigenvalue weighted by atomic mass is 16.5. The molecule has 1 aliphatic rings. The minimum absolute atomic E-state index is 0.581. The topological polar surface area (TPSA) is 58.6 Å². The lowest BCUT2D eigenvalue weighted by atomic mass is 9.97. The standard InChI is InChI=1S/C15H21NO3/c1-19-11-13-6-4-5-12(9-13)10-16-15(14(17)18)7-2-3-8-15/h4-6,9,16H,2-3,7-8,10-11H2,1H3,(H,17,18). The number of benzene rings is 1. The van der Waals surface area contributed by atoms with Gasteiger partial charge in [-0.3, -0.25) is 10.1 Å². The van der Waals surface area contributed by atoms with Gasteiger partial charge in [0.1, 0.15) is 5.54 Å². The lowest BCUT2D eigenvalue weighted by Gasteiger charge is -2.25. The summed E-state index contributed by atoms with van der Waals surface area (Å²) in [6.07, 6.45) is 3.42. The molecule has 1 fully saturated rings. The predicted octanol–water partition coefficient (Wildman–Crippen LogP) is 2.32. The van der Waals surface area contributed by atoms with Gasteiger partial charge in [-0.1, -0.05) is 37.1 Å². The van der Waals surface area contributed by atoms with Gasteiger partial charge < -0.3 is 9.84 Å². The van der Waals surface area contributed by atoms with Crippen LogP contribution in [0.1, 0.15) is 36.8 Å². The third-order valence-corrected chi connectivity index (χ3v) is 3.80. The maximum atomic E-state index is 11.4. The van der Waals surface area contributed by atoms with Crippen LogP contribution in [0.5, 0.6) is 0 Å². The largest absolute Gasteiger partial charge is 0.480 e. The number of carboxylic acids is 1. The quantitative estimate of drug-likeness (QED) is 0.827. The highest BCUT2D eigenvalue weighted by Gasteiger charge is 2.40. The minimum Gasteiger partial charge on any atom is -0.480 e. The molecule has 1 aliphatic carbocycles. The van der Waals surface area contributed by atoms with Crippen LogP contribution in [0.4, 0.5) is 0 Å². The Labute approximate surface area is 113 Å². The zero-order valence-electron chi connectivity index (χ0n) is 11.3. The van der Waals surface area contributed by atoms with E-state index in [-0.39, 0.29) is 0 Å². The van der Waals surface area contributed by atoms with E-state index in [9.17, 15) is 9.90 Å². The molecule has 1 aromatic carbocycles. The van der Waals surface area contributed by atoms with Crippen molar-refractivity contribution in [3.05, 3.63) is 35.4 Å². The molecular weight excluding hydrogens is 242 g/mol. The molecule has 0 aromatic heterocycles. The second kappa shape index (κ2) is 6.17. The van der Waals surface area contributed by atoms with E-state index in [4.69, 9.17) is 4.74 Å². The maximum Gasteiger partial charge on any atom is 0.323 e. The van der Waals surface area contributed by atoms with Crippen LogP contribution in [-0.4, -0.2) is 23.7 Å². The van der Waals surface area contributed by atoms with Crippen LogP contribution in [-0.2, 0) is 22.7 Å². The number of carbonyl (C=O) groups is 1. The van der Waals surface area contributed by atoms with Crippen molar-refractivity contribution >= 4 is 5.97 Å². The summed E-state index contributed by atoms with van der Waals surface area (Å²) in [5, 5.41) is 12.6. The lowest BCUT2D eigenvalue weighted by Crippen LogP contribution is -2.49. The number of ether oxygens (including phenoxy) is 1. The molecule has 0 aliphatic heterocycles. The van der Waals surface area contributed by atoms with Gasteiger partial charge in [0.2, 0.25) is 0 Å². The summed E-state index contributed by atoms with van der Waals surface area (Å²) in [5.74, 6) is -0.724. The van der Waals surface area contributed by atoms with Gasteiger partial charge in [0, 0.05) is 13.7 Å². The average molecular weight is 263 g/mol. The van der Waals surface area contributed by atoms with E-state index in [1.807, 2.05) is 18.2 Å². The van der Waals surface area contributed by atoms with Crippen LogP contribution < -0.4 is 5.32 Å². The number of carboxylic acid groups (broad SMARTS) is 1. The smallest absolute Gasteiger partial charge is 0.323 e. The van der Waals surface area contributed by atoms with Gasteiger partial charge in [0.15, 0.2) is 0 Å². The van der Waals surface area contributed by atoms with Crippen LogP contribution in [0.25, 0.3) is 0 Å². The van der Waals surface area contributed by atoms with Crippen LogP contribution in [0, 0.1) is 0 Å². The SMILES string of the molecule is COCc1cccc(CNC2(C(=O)O)CCCC2)c1. The first kappa shape index (κ1) is 14.0. The number of hydrogen-bond acceptors (Lipinski definition) is 3. The average Bonchev–Trinajstić information content (AvgIpc) is 2.87. The second-order valence-corrected chi connectivity index (χ2v) is 5.20. The molecule has 19 heavy (non-hydrogen) atoms. The number of hydrogen-bond donors (Lipinski definition) is 2. The van der Waals surface area contributed by atoms with Crippen molar-refractivity contribution in [3.8, 4) is 0 Å².